The molecule has 1 aliphatic rings. The van der Waals surface area contributed by atoms with Crippen molar-refractivity contribution >= 4 is 11.8 Å². The van der Waals surface area contributed by atoms with Gasteiger partial charge in [0.05, 0.1) is 6.04 Å². The second kappa shape index (κ2) is 7.95. The highest BCUT2D eigenvalue weighted by Crippen LogP contribution is 2.35. The second-order valence-electron chi connectivity index (χ2n) is 8.17. The number of hydrogen-bond acceptors (Lipinski definition) is 3. The zero-order chi connectivity index (χ0) is 19.4. The van der Waals surface area contributed by atoms with Gasteiger partial charge in [-0.3, -0.25) is 4.79 Å². The quantitative estimate of drug-likeness (QED) is 0.859. The number of carbonyl (C=O) groups excluding carboxylic acids is 1. The van der Waals surface area contributed by atoms with Gasteiger partial charge < -0.3 is 10.1 Å². The maximum absolute atomic E-state index is 11.8. The van der Waals surface area contributed by atoms with Crippen molar-refractivity contribution in [2.24, 2.45) is 10.4 Å². The number of benzene rings is 2. The molecule has 4 heteroatoms. The molecular formula is C23H28N2O2. The van der Waals surface area contributed by atoms with Gasteiger partial charge in [-0.2, -0.15) is 0 Å². The third-order valence-corrected chi connectivity index (χ3v) is 4.77. The van der Waals surface area contributed by atoms with Gasteiger partial charge in [-0.25, -0.2) is 4.99 Å². The number of amides is 1. The molecule has 0 saturated carbocycles. The van der Waals surface area contributed by atoms with Gasteiger partial charge in [0.2, 0.25) is 11.8 Å². The molecule has 0 saturated heterocycles. The molecule has 142 valence electrons. The molecule has 1 amide bonds. The molecule has 27 heavy (non-hydrogen) atoms. The standard InChI is InChI=1S/C23H28N2O2/c1-16(26)24-21(23(2,3)4)22-25-19(15-17-11-7-5-8-12-17)20(27-22)18-13-9-6-10-14-18/h5-14,19-21H,15H2,1-4H3,(H,24,26)/t19-,20-,21+/m0/s1. The average molecular weight is 364 g/mol. The molecule has 0 aliphatic carbocycles. The Morgan fingerprint density at radius 2 is 1.67 bits per heavy atom. The smallest absolute Gasteiger partial charge is 0.217 e. The van der Waals surface area contributed by atoms with E-state index in [0.29, 0.717) is 5.90 Å². The Labute approximate surface area is 161 Å². The first-order valence-corrected chi connectivity index (χ1v) is 9.45. The monoisotopic (exact) mass is 364 g/mol. The van der Waals surface area contributed by atoms with Gasteiger partial charge in [-0.05, 0) is 23.0 Å². The molecule has 3 atom stereocenters. The average Bonchev–Trinajstić information content (AvgIpc) is 3.03. The summed E-state index contributed by atoms with van der Waals surface area (Å²) < 4.78 is 6.36. The minimum atomic E-state index is -0.262. The highest BCUT2D eigenvalue weighted by molar-refractivity contribution is 5.89. The zero-order valence-electron chi connectivity index (χ0n) is 16.5. The van der Waals surface area contributed by atoms with Crippen molar-refractivity contribution < 1.29 is 9.53 Å². The molecule has 0 unspecified atom stereocenters. The van der Waals surface area contributed by atoms with Crippen LogP contribution in [0.3, 0.4) is 0 Å². The maximum Gasteiger partial charge on any atom is 0.217 e. The Kier molecular flexibility index (Phi) is 5.64. The molecular weight excluding hydrogens is 336 g/mol. The molecule has 0 bridgehead atoms. The van der Waals surface area contributed by atoms with Gasteiger partial charge in [0.1, 0.15) is 12.1 Å². The van der Waals surface area contributed by atoms with E-state index in [9.17, 15) is 4.79 Å². The maximum atomic E-state index is 11.8. The van der Waals surface area contributed by atoms with E-state index in [4.69, 9.17) is 9.73 Å². The number of carbonyl (C=O) groups is 1. The van der Waals surface area contributed by atoms with Gasteiger partial charge in [0, 0.05) is 6.92 Å². The largest absolute Gasteiger partial charge is 0.469 e. The lowest BCUT2D eigenvalue weighted by atomic mass is 9.86. The van der Waals surface area contributed by atoms with Crippen LogP contribution in [0.4, 0.5) is 0 Å². The van der Waals surface area contributed by atoms with E-state index in [2.05, 4.69) is 50.4 Å². The van der Waals surface area contributed by atoms with Crippen molar-refractivity contribution in [1.29, 1.82) is 0 Å². The molecule has 3 rings (SSSR count). The fraction of sp³-hybridized carbons (Fsp3) is 0.391. The van der Waals surface area contributed by atoms with E-state index in [1.165, 1.54) is 12.5 Å². The van der Waals surface area contributed by atoms with Crippen molar-refractivity contribution in [2.75, 3.05) is 0 Å². The van der Waals surface area contributed by atoms with Gasteiger partial charge in [0.25, 0.3) is 0 Å². The van der Waals surface area contributed by atoms with E-state index >= 15 is 0 Å². The molecule has 0 radical (unpaired) electrons. The lowest BCUT2D eigenvalue weighted by molar-refractivity contribution is -0.120. The third kappa shape index (κ3) is 4.76. The van der Waals surface area contributed by atoms with E-state index < -0.39 is 0 Å². The van der Waals surface area contributed by atoms with Crippen molar-refractivity contribution in [1.82, 2.24) is 5.32 Å². The van der Waals surface area contributed by atoms with E-state index in [1.54, 1.807) is 0 Å². The van der Waals surface area contributed by atoms with E-state index in [-0.39, 0.29) is 29.5 Å². The minimum Gasteiger partial charge on any atom is -0.469 e. The Bertz CT molecular complexity index is 794. The number of hydrogen-bond donors (Lipinski definition) is 1. The predicted octanol–water partition coefficient (Wildman–Crippen LogP) is 4.32. The van der Waals surface area contributed by atoms with Gasteiger partial charge in [-0.1, -0.05) is 81.4 Å². The number of aliphatic imine (C=N–C) groups is 1. The molecule has 4 nitrogen and oxygen atoms in total. The molecule has 1 N–H and O–H groups in total. The lowest BCUT2D eigenvalue weighted by Crippen LogP contribution is -2.48. The minimum absolute atomic E-state index is 0.0246. The van der Waals surface area contributed by atoms with Gasteiger partial charge >= 0.3 is 0 Å². The van der Waals surface area contributed by atoms with Crippen molar-refractivity contribution in [3.63, 3.8) is 0 Å². The topological polar surface area (TPSA) is 50.7 Å². The highest BCUT2D eigenvalue weighted by atomic mass is 16.5. The Hall–Kier alpha value is -2.62. The summed E-state index contributed by atoms with van der Waals surface area (Å²) in [7, 11) is 0. The fourth-order valence-electron chi connectivity index (χ4n) is 3.41. The van der Waals surface area contributed by atoms with Crippen LogP contribution in [0.15, 0.2) is 65.7 Å². The van der Waals surface area contributed by atoms with Crippen LogP contribution >= 0.6 is 0 Å². The summed E-state index contributed by atoms with van der Waals surface area (Å²) in [6.45, 7) is 7.79. The van der Waals surface area contributed by atoms with Crippen LogP contribution in [-0.4, -0.2) is 23.9 Å². The summed E-state index contributed by atoms with van der Waals surface area (Å²) in [5, 5.41) is 3.02. The summed E-state index contributed by atoms with van der Waals surface area (Å²) in [6.07, 6.45) is 0.640. The van der Waals surface area contributed by atoms with Gasteiger partial charge in [0.15, 0.2) is 0 Å². The van der Waals surface area contributed by atoms with Crippen LogP contribution in [-0.2, 0) is 16.0 Å². The van der Waals surface area contributed by atoms with E-state index in [0.717, 1.165) is 12.0 Å². The Morgan fingerprint density at radius 1 is 1.07 bits per heavy atom. The number of rotatable bonds is 5. The fourth-order valence-corrected chi connectivity index (χ4v) is 3.41. The lowest BCUT2D eigenvalue weighted by Gasteiger charge is -2.31. The zero-order valence-corrected chi connectivity index (χ0v) is 16.5. The number of ether oxygens (including phenoxy) is 1. The summed E-state index contributed by atoms with van der Waals surface area (Å²) in [5.41, 5.74) is 2.13. The first-order valence-electron chi connectivity index (χ1n) is 9.45. The first-order chi connectivity index (χ1) is 12.8. The molecule has 0 aromatic heterocycles. The van der Waals surface area contributed by atoms with Crippen molar-refractivity contribution in [3.8, 4) is 0 Å². The Balaban J connectivity index is 1.92. The molecule has 1 heterocycles. The normalized spacial score (nSPS) is 20.5. The number of nitrogens with zero attached hydrogens (tertiary/aromatic N) is 1. The van der Waals surface area contributed by atoms with E-state index in [1.807, 2.05) is 36.4 Å². The number of nitrogens with one attached hydrogen (secondary N) is 1. The SMILES string of the molecule is CC(=O)N[C@H](C1=N[C@@H](Cc2ccccc2)[C@H](c2ccccc2)O1)C(C)(C)C. The van der Waals surface area contributed by atoms with Gasteiger partial charge in [-0.15, -0.1) is 0 Å². The molecule has 0 fully saturated rings. The van der Waals surface area contributed by atoms with Crippen molar-refractivity contribution in [2.45, 2.75) is 52.3 Å². The highest BCUT2D eigenvalue weighted by Gasteiger charge is 2.40. The summed E-state index contributed by atoms with van der Waals surface area (Å²) in [6, 6.07) is 20.2. The molecule has 1 aliphatic heterocycles. The van der Waals surface area contributed by atoms with Crippen LogP contribution in [0.5, 0.6) is 0 Å². The summed E-state index contributed by atoms with van der Waals surface area (Å²) >= 11 is 0. The van der Waals surface area contributed by atoms with Crippen LogP contribution in [0.1, 0.15) is 44.9 Å². The molecule has 2 aromatic carbocycles. The first kappa shape index (κ1) is 19.2. The predicted molar refractivity (Wildman–Crippen MR) is 109 cm³/mol. The molecule has 0 spiro atoms. The van der Waals surface area contributed by atoms with Crippen LogP contribution < -0.4 is 5.32 Å². The van der Waals surface area contributed by atoms with Crippen molar-refractivity contribution in [3.05, 3.63) is 71.8 Å². The Morgan fingerprint density at radius 3 is 2.22 bits per heavy atom. The third-order valence-electron chi connectivity index (χ3n) is 4.77. The summed E-state index contributed by atoms with van der Waals surface area (Å²) in [4.78, 5) is 16.7. The van der Waals surface area contributed by atoms with Crippen LogP contribution in [0.2, 0.25) is 0 Å². The molecule has 2 aromatic rings. The van der Waals surface area contributed by atoms with Crippen LogP contribution in [0.25, 0.3) is 0 Å². The van der Waals surface area contributed by atoms with Crippen LogP contribution in [0, 0.1) is 5.41 Å². The summed E-state index contributed by atoms with van der Waals surface area (Å²) in [5.74, 6) is 0.538. The second-order valence-corrected chi connectivity index (χ2v) is 8.17.